The first-order valence-electron chi connectivity index (χ1n) is 12.0. The Balaban J connectivity index is 1.59. The zero-order valence-corrected chi connectivity index (χ0v) is 21.5. The molecule has 34 heavy (non-hydrogen) atoms. The highest BCUT2D eigenvalue weighted by molar-refractivity contribution is 9.10. The number of benzene rings is 2. The number of carbonyl (C=O) groups excluding carboxylic acids is 2. The SMILES string of the molecule is Cc1ccc(N2C(=O)Nc3ccc(Br)cc3C2(O)C(=O)NCCCN2CCCCCC2)cc1C. The molecule has 0 aromatic heterocycles. The summed E-state index contributed by atoms with van der Waals surface area (Å²) in [4.78, 5) is 30.3. The third kappa shape index (κ3) is 4.99. The molecule has 2 aromatic rings. The predicted octanol–water partition coefficient (Wildman–Crippen LogP) is 4.65. The molecule has 2 heterocycles. The summed E-state index contributed by atoms with van der Waals surface area (Å²) in [5.41, 5.74) is 1.02. The molecular weight excluding hydrogens is 496 g/mol. The minimum Gasteiger partial charge on any atom is -0.359 e. The maximum Gasteiger partial charge on any atom is 0.329 e. The fourth-order valence-electron chi connectivity index (χ4n) is 4.73. The second-order valence-corrected chi connectivity index (χ2v) is 10.2. The van der Waals surface area contributed by atoms with Crippen molar-refractivity contribution < 1.29 is 14.7 Å². The molecule has 4 rings (SSSR count). The van der Waals surface area contributed by atoms with Gasteiger partial charge in [-0.05, 0) is 94.2 Å². The second kappa shape index (κ2) is 10.5. The van der Waals surface area contributed by atoms with Crippen molar-refractivity contribution in [3.05, 3.63) is 57.6 Å². The van der Waals surface area contributed by atoms with Crippen LogP contribution < -0.4 is 15.5 Å². The summed E-state index contributed by atoms with van der Waals surface area (Å²) >= 11 is 3.44. The maximum absolute atomic E-state index is 13.6. The Morgan fingerprint density at radius 1 is 1.09 bits per heavy atom. The zero-order valence-electron chi connectivity index (χ0n) is 19.9. The molecule has 2 aliphatic heterocycles. The number of aryl methyl sites for hydroxylation is 2. The first-order valence-corrected chi connectivity index (χ1v) is 12.8. The summed E-state index contributed by atoms with van der Waals surface area (Å²) in [6.45, 7) is 7.43. The van der Waals surface area contributed by atoms with Crippen molar-refractivity contribution in [1.82, 2.24) is 10.2 Å². The third-order valence-electron chi connectivity index (χ3n) is 6.83. The fraction of sp³-hybridized carbons (Fsp3) is 0.462. The number of hydrogen-bond acceptors (Lipinski definition) is 4. The van der Waals surface area contributed by atoms with Gasteiger partial charge in [0.05, 0.1) is 5.69 Å². The highest BCUT2D eigenvalue weighted by atomic mass is 79.9. The van der Waals surface area contributed by atoms with Crippen molar-refractivity contribution in [1.29, 1.82) is 0 Å². The van der Waals surface area contributed by atoms with E-state index in [4.69, 9.17) is 0 Å². The fourth-order valence-corrected chi connectivity index (χ4v) is 5.09. The Hall–Kier alpha value is -2.42. The molecule has 3 N–H and O–H groups in total. The van der Waals surface area contributed by atoms with Crippen LogP contribution in [-0.4, -0.2) is 48.1 Å². The van der Waals surface area contributed by atoms with Gasteiger partial charge in [0.2, 0.25) is 0 Å². The second-order valence-electron chi connectivity index (χ2n) is 9.26. The van der Waals surface area contributed by atoms with Crippen LogP contribution in [0.1, 0.15) is 48.8 Å². The Kier molecular flexibility index (Phi) is 7.60. The summed E-state index contributed by atoms with van der Waals surface area (Å²) in [5.74, 6) is -0.615. The molecule has 0 saturated carbocycles. The van der Waals surface area contributed by atoms with Crippen LogP contribution in [0.4, 0.5) is 16.2 Å². The quantitative estimate of drug-likeness (QED) is 0.476. The molecule has 1 unspecified atom stereocenters. The number of amides is 3. The van der Waals surface area contributed by atoms with Gasteiger partial charge in [-0.3, -0.25) is 9.69 Å². The number of rotatable bonds is 6. The normalized spacial score (nSPS) is 20.9. The van der Waals surface area contributed by atoms with Crippen molar-refractivity contribution in [2.24, 2.45) is 0 Å². The van der Waals surface area contributed by atoms with E-state index >= 15 is 0 Å². The molecule has 1 saturated heterocycles. The van der Waals surface area contributed by atoms with Gasteiger partial charge >= 0.3 is 6.03 Å². The van der Waals surface area contributed by atoms with Crippen LogP contribution in [0.3, 0.4) is 0 Å². The molecule has 7 nitrogen and oxygen atoms in total. The van der Waals surface area contributed by atoms with Gasteiger partial charge in [-0.15, -0.1) is 0 Å². The minimum atomic E-state index is -2.19. The molecule has 2 aliphatic rings. The lowest BCUT2D eigenvalue weighted by atomic mass is 9.94. The number of carbonyl (C=O) groups is 2. The molecule has 2 aromatic carbocycles. The number of halogens is 1. The molecule has 0 aliphatic carbocycles. The van der Waals surface area contributed by atoms with Crippen molar-refractivity contribution in [3.63, 3.8) is 0 Å². The average Bonchev–Trinajstić information content (AvgIpc) is 3.08. The van der Waals surface area contributed by atoms with Gasteiger partial charge in [-0.1, -0.05) is 34.8 Å². The molecule has 0 spiro atoms. The number of anilines is 2. The summed E-state index contributed by atoms with van der Waals surface area (Å²) < 4.78 is 0.704. The topological polar surface area (TPSA) is 84.9 Å². The van der Waals surface area contributed by atoms with E-state index in [2.05, 4.69) is 31.5 Å². The smallest absolute Gasteiger partial charge is 0.329 e. The number of urea groups is 1. The van der Waals surface area contributed by atoms with Crippen molar-refractivity contribution in [2.75, 3.05) is 36.4 Å². The van der Waals surface area contributed by atoms with Crippen LogP contribution in [0.25, 0.3) is 0 Å². The van der Waals surface area contributed by atoms with Crippen LogP contribution in [0.2, 0.25) is 0 Å². The molecule has 3 amide bonds. The predicted molar refractivity (Wildman–Crippen MR) is 138 cm³/mol. The van der Waals surface area contributed by atoms with Gasteiger partial charge in [0.1, 0.15) is 0 Å². The van der Waals surface area contributed by atoms with Gasteiger partial charge in [0, 0.05) is 22.3 Å². The van der Waals surface area contributed by atoms with Crippen LogP contribution >= 0.6 is 15.9 Å². The Labute approximate surface area is 209 Å². The van der Waals surface area contributed by atoms with Crippen LogP contribution in [0, 0.1) is 13.8 Å². The first kappa shape index (κ1) is 24.7. The maximum atomic E-state index is 13.6. The largest absolute Gasteiger partial charge is 0.359 e. The van der Waals surface area contributed by atoms with E-state index in [1.54, 1.807) is 24.3 Å². The van der Waals surface area contributed by atoms with Gasteiger partial charge in [0.15, 0.2) is 0 Å². The number of hydrogen-bond donors (Lipinski definition) is 3. The Bertz CT molecular complexity index is 1070. The number of nitrogens with zero attached hydrogens (tertiary/aromatic N) is 2. The van der Waals surface area contributed by atoms with E-state index in [1.165, 1.54) is 25.7 Å². The molecule has 0 bridgehead atoms. The summed E-state index contributed by atoms with van der Waals surface area (Å²) in [5, 5.41) is 17.7. The summed E-state index contributed by atoms with van der Waals surface area (Å²) in [6, 6.07) is 10.0. The summed E-state index contributed by atoms with van der Waals surface area (Å²) in [6.07, 6.45) is 5.79. The molecule has 0 radical (unpaired) electrons. The minimum absolute atomic E-state index is 0.324. The van der Waals surface area contributed by atoms with E-state index in [9.17, 15) is 14.7 Å². The van der Waals surface area contributed by atoms with Crippen LogP contribution in [0.15, 0.2) is 40.9 Å². The van der Waals surface area contributed by atoms with E-state index in [0.717, 1.165) is 42.1 Å². The number of likely N-dealkylation sites (tertiary alicyclic amines) is 1. The van der Waals surface area contributed by atoms with Crippen molar-refractivity contribution in [2.45, 2.75) is 51.7 Å². The van der Waals surface area contributed by atoms with Crippen molar-refractivity contribution in [3.8, 4) is 0 Å². The third-order valence-corrected chi connectivity index (χ3v) is 7.32. The molecule has 8 heteroatoms. The zero-order chi connectivity index (χ0) is 24.3. The highest BCUT2D eigenvalue weighted by Gasteiger charge is 2.52. The standard InChI is InChI=1S/C26H33BrN4O3/c1-18-8-10-21(16-19(18)2)31-25(33)29-23-11-9-20(27)17-22(23)26(31,34)24(32)28-12-7-15-30-13-5-3-4-6-14-30/h8-11,16-17,34H,3-7,12-15H2,1-2H3,(H,28,32)(H,29,33). The Morgan fingerprint density at radius 3 is 2.53 bits per heavy atom. The number of aliphatic hydroxyl groups is 1. The Morgan fingerprint density at radius 2 is 1.82 bits per heavy atom. The van der Waals surface area contributed by atoms with Crippen molar-refractivity contribution >= 4 is 39.2 Å². The molecular formula is C26H33BrN4O3. The van der Waals surface area contributed by atoms with E-state index in [0.29, 0.717) is 28.0 Å². The van der Waals surface area contributed by atoms with Crippen LogP contribution in [0.5, 0.6) is 0 Å². The first-order chi connectivity index (χ1) is 16.3. The lowest BCUT2D eigenvalue weighted by Gasteiger charge is -2.43. The molecule has 1 fully saturated rings. The van der Waals surface area contributed by atoms with Gasteiger partial charge in [0.25, 0.3) is 11.6 Å². The van der Waals surface area contributed by atoms with E-state index < -0.39 is 17.7 Å². The van der Waals surface area contributed by atoms with E-state index in [-0.39, 0.29) is 0 Å². The highest BCUT2D eigenvalue weighted by Crippen LogP contribution is 2.41. The summed E-state index contributed by atoms with van der Waals surface area (Å²) in [7, 11) is 0. The molecule has 1 atom stereocenters. The number of nitrogens with one attached hydrogen (secondary N) is 2. The van der Waals surface area contributed by atoms with Gasteiger partial charge < -0.3 is 20.6 Å². The van der Waals surface area contributed by atoms with Gasteiger partial charge in [-0.25, -0.2) is 4.79 Å². The monoisotopic (exact) mass is 528 g/mol. The lowest BCUT2D eigenvalue weighted by molar-refractivity contribution is -0.140. The van der Waals surface area contributed by atoms with Gasteiger partial charge in [-0.2, -0.15) is 0 Å². The molecule has 182 valence electrons. The average molecular weight is 529 g/mol. The van der Waals surface area contributed by atoms with E-state index in [1.807, 2.05) is 26.0 Å². The lowest BCUT2D eigenvalue weighted by Crippen LogP contribution is -2.62. The van der Waals surface area contributed by atoms with Crippen LogP contribution in [-0.2, 0) is 10.5 Å². The number of fused-ring (bicyclic) bond motifs is 1.